The molecule has 4 nitrogen and oxygen atoms in total. The van der Waals surface area contributed by atoms with Crippen molar-refractivity contribution in [3.8, 4) is 5.75 Å². The van der Waals surface area contributed by atoms with Gasteiger partial charge >= 0.3 is 0 Å². The molecule has 1 atom stereocenters. The molecule has 1 amide bonds. The number of hydrogen-bond donors (Lipinski definition) is 2. The van der Waals surface area contributed by atoms with Crippen molar-refractivity contribution in [1.29, 1.82) is 0 Å². The Morgan fingerprint density at radius 2 is 1.88 bits per heavy atom. The smallest absolute Gasteiger partial charge is 0.276 e. The van der Waals surface area contributed by atoms with Gasteiger partial charge in [-0.05, 0) is 47.3 Å². The summed E-state index contributed by atoms with van der Waals surface area (Å²) in [7, 11) is 0. The number of carbonyl (C=O) groups excluding carboxylic acids is 1. The summed E-state index contributed by atoms with van der Waals surface area (Å²) in [6.45, 7) is 13.2. The van der Waals surface area contributed by atoms with E-state index in [9.17, 15) is 4.79 Å². The van der Waals surface area contributed by atoms with Gasteiger partial charge < -0.3 is 10.2 Å². The van der Waals surface area contributed by atoms with Crippen molar-refractivity contribution in [2.24, 2.45) is 11.3 Å². The lowest BCUT2D eigenvalue weighted by Gasteiger charge is -2.32. The Kier molecular flexibility index (Phi) is 5.81. The molecule has 0 aliphatic heterocycles. The molecule has 1 aliphatic carbocycles. The van der Waals surface area contributed by atoms with Crippen LogP contribution in [0.2, 0.25) is 0 Å². The van der Waals surface area contributed by atoms with Crippen LogP contribution in [0.3, 0.4) is 0 Å². The van der Waals surface area contributed by atoms with E-state index in [0.717, 1.165) is 12.1 Å². The van der Waals surface area contributed by atoms with Crippen molar-refractivity contribution in [3.05, 3.63) is 41.6 Å². The van der Waals surface area contributed by atoms with Crippen molar-refractivity contribution in [2.75, 3.05) is 6.61 Å². The molecule has 1 aliphatic rings. The van der Waals surface area contributed by atoms with Crippen LogP contribution in [0.4, 0.5) is 0 Å². The van der Waals surface area contributed by atoms with E-state index >= 15 is 0 Å². The molecule has 4 heteroatoms. The van der Waals surface area contributed by atoms with Gasteiger partial charge in [0.25, 0.3) is 5.91 Å². The van der Waals surface area contributed by atoms with Crippen LogP contribution in [-0.2, 0) is 10.2 Å². The fraction of sp³-hybridized carbons (Fsp3) is 0.571. The number of carbonyl (C=O) groups is 1. The van der Waals surface area contributed by atoms with Crippen molar-refractivity contribution >= 4 is 5.91 Å². The Hall–Kier alpha value is -1.97. The number of amides is 1. The highest BCUT2D eigenvalue weighted by atomic mass is 16.5. The first-order chi connectivity index (χ1) is 11.5. The first kappa shape index (κ1) is 19.4. The van der Waals surface area contributed by atoms with E-state index in [-0.39, 0.29) is 23.3 Å². The topological polar surface area (TPSA) is 50.4 Å². The summed E-state index contributed by atoms with van der Waals surface area (Å²) >= 11 is 0. The highest BCUT2D eigenvalue weighted by Gasteiger charge is 2.25. The van der Waals surface area contributed by atoms with E-state index in [1.165, 1.54) is 12.0 Å². The molecule has 0 aromatic heterocycles. The van der Waals surface area contributed by atoms with Gasteiger partial charge in [-0.2, -0.15) is 0 Å². The van der Waals surface area contributed by atoms with Gasteiger partial charge in [-0.25, -0.2) is 0 Å². The van der Waals surface area contributed by atoms with Crippen LogP contribution >= 0.6 is 0 Å². The fourth-order valence-corrected chi connectivity index (χ4v) is 3.41. The Balaban J connectivity index is 1.80. The van der Waals surface area contributed by atoms with Crippen molar-refractivity contribution in [2.45, 2.75) is 59.8 Å². The third-order valence-electron chi connectivity index (χ3n) is 4.46. The number of rotatable bonds is 5. The zero-order valence-electron chi connectivity index (χ0n) is 16.4. The van der Waals surface area contributed by atoms with Gasteiger partial charge in [0.1, 0.15) is 5.75 Å². The molecule has 0 unspecified atom stereocenters. The molecule has 2 N–H and O–H groups in total. The van der Waals surface area contributed by atoms with Gasteiger partial charge in [0.2, 0.25) is 0 Å². The summed E-state index contributed by atoms with van der Waals surface area (Å²) in [6.07, 6.45) is 4.33. The molecule has 1 aromatic rings. The quantitative estimate of drug-likeness (QED) is 0.782. The molecular formula is C21H32N2O2. The number of nitrogens with one attached hydrogen (secondary N) is 2. The highest BCUT2D eigenvalue weighted by Crippen LogP contribution is 2.35. The largest absolute Gasteiger partial charge is 0.484 e. The second-order valence-corrected chi connectivity index (χ2v) is 8.91. The van der Waals surface area contributed by atoms with E-state index in [4.69, 9.17) is 4.74 Å². The van der Waals surface area contributed by atoms with Crippen molar-refractivity contribution < 1.29 is 9.53 Å². The average molecular weight is 344 g/mol. The minimum atomic E-state index is -0.183. The van der Waals surface area contributed by atoms with Gasteiger partial charge in [0.05, 0.1) is 0 Å². The molecule has 0 radical (unpaired) electrons. The molecule has 138 valence electrons. The summed E-state index contributed by atoms with van der Waals surface area (Å²) in [6, 6.07) is 7.91. The van der Waals surface area contributed by atoms with Gasteiger partial charge in [-0.15, -0.1) is 0 Å². The molecule has 0 fully saturated rings. The monoisotopic (exact) mass is 344 g/mol. The fourth-order valence-electron chi connectivity index (χ4n) is 3.41. The van der Waals surface area contributed by atoms with Crippen LogP contribution in [0, 0.1) is 11.3 Å². The predicted molar refractivity (Wildman–Crippen MR) is 102 cm³/mol. The van der Waals surface area contributed by atoms with Gasteiger partial charge in [0, 0.05) is 5.70 Å². The summed E-state index contributed by atoms with van der Waals surface area (Å²) in [5, 5.41) is 0. The third kappa shape index (κ3) is 6.11. The molecule has 0 saturated heterocycles. The molecule has 2 rings (SSSR count). The summed E-state index contributed by atoms with van der Waals surface area (Å²) in [5.41, 5.74) is 8.38. The average Bonchev–Trinajstić information content (AvgIpc) is 2.48. The third-order valence-corrected chi connectivity index (χ3v) is 4.46. The van der Waals surface area contributed by atoms with Gasteiger partial charge in [-0.3, -0.25) is 10.2 Å². The lowest BCUT2D eigenvalue weighted by Crippen LogP contribution is -2.41. The van der Waals surface area contributed by atoms with E-state index < -0.39 is 0 Å². The number of hydrogen-bond acceptors (Lipinski definition) is 3. The highest BCUT2D eigenvalue weighted by molar-refractivity contribution is 5.77. The van der Waals surface area contributed by atoms with Crippen LogP contribution in [-0.4, -0.2) is 12.5 Å². The number of ether oxygens (including phenoxy) is 1. The maximum absolute atomic E-state index is 12.0. The molecule has 1 aromatic carbocycles. The van der Waals surface area contributed by atoms with E-state index in [1.807, 2.05) is 24.3 Å². The van der Waals surface area contributed by atoms with E-state index in [1.54, 1.807) is 0 Å². The summed E-state index contributed by atoms with van der Waals surface area (Å²) in [4.78, 5) is 12.0. The molecule has 0 bridgehead atoms. The SMILES string of the molecule is C[C@@H]1CC(NNC(=O)COc2ccc(C(C)(C)C)cc2)=CC(C)(C)C1. The Morgan fingerprint density at radius 3 is 2.44 bits per heavy atom. The maximum Gasteiger partial charge on any atom is 0.276 e. The van der Waals surface area contributed by atoms with E-state index in [2.05, 4.69) is 58.5 Å². The minimum Gasteiger partial charge on any atom is -0.484 e. The summed E-state index contributed by atoms with van der Waals surface area (Å²) in [5.74, 6) is 1.13. The second kappa shape index (κ2) is 7.51. The van der Waals surface area contributed by atoms with Crippen LogP contribution < -0.4 is 15.6 Å². The number of hydrazine groups is 1. The lowest BCUT2D eigenvalue weighted by atomic mass is 9.76. The number of benzene rings is 1. The van der Waals surface area contributed by atoms with Gasteiger partial charge in [0.15, 0.2) is 6.61 Å². The van der Waals surface area contributed by atoms with Gasteiger partial charge in [-0.1, -0.05) is 59.8 Å². The Labute approximate surface area is 152 Å². The first-order valence-corrected chi connectivity index (χ1v) is 9.05. The molecular weight excluding hydrogens is 312 g/mol. The standard InChI is InChI=1S/C21H32N2O2/c1-15-11-17(13-21(5,6)12-15)22-23-19(24)14-25-18-9-7-16(8-10-18)20(2,3)4/h7-10,13,15,22H,11-12,14H2,1-6H3,(H,23,24)/t15-/m1/s1. The van der Waals surface area contributed by atoms with E-state index in [0.29, 0.717) is 11.7 Å². The first-order valence-electron chi connectivity index (χ1n) is 9.05. The summed E-state index contributed by atoms with van der Waals surface area (Å²) < 4.78 is 5.57. The number of allylic oxidation sites excluding steroid dienone is 2. The molecule has 0 spiro atoms. The molecule has 0 saturated carbocycles. The van der Waals surface area contributed by atoms with Crippen LogP contribution in [0.5, 0.6) is 5.75 Å². The maximum atomic E-state index is 12.0. The zero-order chi connectivity index (χ0) is 18.7. The molecule has 0 heterocycles. The Morgan fingerprint density at radius 1 is 1.24 bits per heavy atom. The normalized spacial score (nSPS) is 19.8. The van der Waals surface area contributed by atoms with Crippen LogP contribution in [0.15, 0.2) is 36.0 Å². The minimum absolute atomic E-state index is 0.00586. The lowest BCUT2D eigenvalue weighted by molar-refractivity contribution is -0.123. The van der Waals surface area contributed by atoms with Crippen molar-refractivity contribution in [1.82, 2.24) is 10.9 Å². The molecule has 25 heavy (non-hydrogen) atoms. The second-order valence-electron chi connectivity index (χ2n) is 8.91. The predicted octanol–water partition coefficient (Wildman–Crippen LogP) is 4.32. The van der Waals surface area contributed by atoms with Crippen molar-refractivity contribution in [3.63, 3.8) is 0 Å². The van der Waals surface area contributed by atoms with Crippen LogP contribution in [0.1, 0.15) is 59.9 Å². The van der Waals surface area contributed by atoms with Crippen LogP contribution in [0.25, 0.3) is 0 Å². The Bertz CT molecular complexity index is 624. The zero-order valence-corrected chi connectivity index (χ0v) is 16.4.